The smallest absolute Gasteiger partial charge is 0.336 e. The maximum atomic E-state index is 13.1. The molecule has 1 aliphatic heterocycles. The average molecular weight is 542 g/mol. The molecular formula is C28H27N7O5. The second kappa shape index (κ2) is 13.2. The van der Waals surface area contributed by atoms with Crippen molar-refractivity contribution in [3.8, 4) is 5.75 Å². The number of nitrogens with zero attached hydrogens (tertiary/aromatic N) is 7. The molecule has 0 bridgehead atoms. The Kier molecular flexibility index (Phi) is 9.22. The van der Waals surface area contributed by atoms with Gasteiger partial charge in [0.05, 0.1) is 19.7 Å². The summed E-state index contributed by atoms with van der Waals surface area (Å²) in [4.78, 5) is 23.5. The lowest BCUT2D eigenvalue weighted by Crippen LogP contribution is -2.43. The Hall–Kier alpha value is -5.02. The van der Waals surface area contributed by atoms with E-state index in [4.69, 9.17) is 30.6 Å². The van der Waals surface area contributed by atoms with Crippen LogP contribution in [0.15, 0.2) is 88.0 Å². The molecule has 2 atom stereocenters. The SMILES string of the molecule is [N-]=[N+]=NCc1ccccc1C[C@]1(C(=O)O)N=C(c2ccc(OCCCO)cc2)O[C@H]1c1ccccc1CN=[N+]=[N-]. The standard InChI is InChI=1S/C28H27N7O5/c29-34-31-17-21-7-2-1-6-20(21)16-28(27(37)38)25(24-9-4-3-8-22(24)18-32-35-30)40-26(33-28)19-10-12-23(13-11-19)39-15-5-14-36/h1-4,6-13,25,36H,5,14-18H2,(H,37,38)/t25-,28-/m0/s1. The normalized spacial score (nSPS) is 17.6. The molecule has 4 rings (SSSR count). The molecule has 3 aromatic rings. The number of carboxylic acid groups (broad SMARTS) is 1. The molecule has 40 heavy (non-hydrogen) atoms. The molecule has 1 heterocycles. The fourth-order valence-corrected chi connectivity index (χ4v) is 4.57. The van der Waals surface area contributed by atoms with Gasteiger partial charge < -0.3 is 19.7 Å². The number of benzene rings is 3. The molecular weight excluding hydrogens is 514 g/mol. The fraction of sp³-hybridized carbons (Fsp3) is 0.286. The van der Waals surface area contributed by atoms with E-state index in [9.17, 15) is 9.90 Å². The largest absolute Gasteiger partial charge is 0.494 e. The van der Waals surface area contributed by atoms with Crippen molar-refractivity contribution in [2.24, 2.45) is 15.2 Å². The number of hydrogen-bond donors (Lipinski definition) is 2. The van der Waals surface area contributed by atoms with Gasteiger partial charge >= 0.3 is 5.97 Å². The minimum Gasteiger partial charge on any atom is -0.494 e. The van der Waals surface area contributed by atoms with Crippen LogP contribution >= 0.6 is 0 Å². The average Bonchev–Trinajstić information content (AvgIpc) is 3.36. The first-order valence-corrected chi connectivity index (χ1v) is 12.5. The summed E-state index contributed by atoms with van der Waals surface area (Å²) in [5.41, 5.74) is 19.0. The second-order valence-corrected chi connectivity index (χ2v) is 9.02. The highest BCUT2D eigenvalue weighted by Gasteiger charge is 2.54. The van der Waals surface area contributed by atoms with E-state index in [1.165, 1.54) is 0 Å². The van der Waals surface area contributed by atoms with Crippen molar-refractivity contribution in [3.05, 3.63) is 121 Å². The van der Waals surface area contributed by atoms with Gasteiger partial charge in [-0.3, -0.25) is 0 Å². The zero-order valence-electron chi connectivity index (χ0n) is 21.5. The number of aliphatic hydroxyl groups is 1. The molecule has 0 aromatic heterocycles. The van der Waals surface area contributed by atoms with Gasteiger partial charge in [0.2, 0.25) is 11.4 Å². The summed E-state index contributed by atoms with van der Waals surface area (Å²) < 4.78 is 11.9. The summed E-state index contributed by atoms with van der Waals surface area (Å²) in [5.74, 6) is -0.474. The van der Waals surface area contributed by atoms with Crippen LogP contribution in [0.2, 0.25) is 0 Å². The first-order chi connectivity index (χ1) is 19.5. The van der Waals surface area contributed by atoms with Crippen LogP contribution in [0.4, 0.5) is 0 Å². The molecule has 0 fully saturated rings. The molecule has 204 valence electrons. The van der Waals surface area contributed by atoms with Gasteiger partial charge in [-0.1, -0.05) is 58.8 Å². The van der Waals surface area contributed by atoms with Crippen LogP contribution in [0.5, 0.6) is 5.75 Å². The number of ether oxygens (including phenoxy) is 2. The van der Waals surface area contributed by atoms with E-state index < -0.39 is 17.6 Å². The van der Waals surface area contributed by atoms with Crippen molar-refractivity contribution in [1.29, 1.82) is 0 Å². The maximum absolute atomic E-state index is 13.1. The van der Waals surface area contributed by atoms with Gasteiger partial charge in [-0.05, 0) is 57.6 Å². The molecule has 0 saturated carbocycles. The summed E-state index contributed by atoms with van der Waals surface area (Å²) in [6, 6.07) is 21.1. The molecule has 3 aromatic carbocycles. The van der Waals surface area contributed by atoms with E-state index >= 15 is 0 Å². The van der Waals surface area contributed by atoms with E-state index in [2.05, 4.69) is 20.1 Å². The van der Waals surface area contributed by atoms with Crippen LogP contribution in [0.3, 0.4) is 0 Å². The Balaban J connectivity index is 1.81. The monoisotopic (exact) mass is 541 g/mol. The zero-order valence-corrected chi connectivity index (χ0v) is 21.5. The minimum absolute atomic E-state index is 0.00487. The number of aliphatic imine (C=N–C) groups is 1. The third kappa shape index (κ3) is 6.16. The Labute approximate surface area is 229 Å². The highest BCUT2D eigenvalue weighted by atomic mass is 16.5. The maximum Gasteiger partial charge on any atom is 0.336 e. The van der Waals surface area contributed by atoms with Crippen molar-refractivity contribution in [2.45, 2.75) is 37.6 Å². The van der Waals surface area contributed by atoms with Crippen LogP contribution in [-0.4, -0.2) is 40.8 Å². The summed E-state index contributed by atoms with van der Waals surface area (Å²) in [7, 11) is 0. The van der Waals surface area contributed by atoms with E-state index in [-0.39, 0.29) is 32.0 Å². The lowest BCUT2D eigenvalue weighted by atomic mass is 9.80. The number of rotatable bonds is 13. The molecule has 12 nitrogen and oxygen atoms in total. The van der Waals surface area contributed by atoms with Crippen molar-refractivity contribution in [3.63, 3.8) is 0 Å². The lowest BCUT2D eigenvalue weighted by Gasteiger charge is -2.29. The molecule has 0 amide bonds. The molecule has 0 aliphatic carbocycles. The van der Waals surface area contributed by atoms with Crippen LogP contribution in [-0.2, 0) is 29.0 Å². The van der Waals surface area contributed by atoms with Crippen LogP contribution in [0.25, 0.3) is 20.9 Å². The van der Waals surface area contributed by atoms with Crippen molar-refractivity contribution >= 4 is 11.9 Å². The van der Waals surface area contributed by atoms with Crippen molar-refractivity contribution in [1.82, 2.24) is 0 Å². The third-order valence-corrected chi connectivity index (χ3v) is 6.53. The van der Waals surface area contributed by atoms with E-state index in [1.54, 1.807) is 72.8 Å². The predicted molar refractivity (Wildman–Crippen MR) is 147 cm³/mol. The van der Waals surface area contributed by atoms with Gasteiger partial charge in [0.25, 0.3) is 0 Å². The summed E-state index contributed by atoms with van der Waals surface area (Å²) in [6.45, 7) is 0.434. The van der Waals surface area contributed by atoms with Gasteiger partial charge in [-0.15, -0.1) is 0 Å². The Morgan fingerprint density at radius 3 is 2.23 bits per heavy atom. The number of carbonyl (C=O) groups is 1. The van der Waals surface area contributed by atoms with Crippen LogP contribution < -0.4 is 4.74 Å². The van der Waals surface area contributed by atoms with E-state index in [0.29, 0.717) is 46.6 Å². The molecule has 0 saturated heterocycles. The molecule has 0 unspecified atom stereocenters. The van der Waals surface area contributed by atoms with Gasteiger partial charge in [0.15, 0.2) is 6.10 Å². The highest BCUT2D eigenvalue weighted by molar-refractivity contribution is 5.99. The third-order valence-electron chi connectivity index (χ3n) is 6.53. The Bertz CT molecular complexity index is 1480. The number of aliphatic carboxylic acids is 1. The molecule has 2 N–H and O–H groups in total. The summed E-state index contributed by atoms with van der Waals surface area (Å²) >= 11 is 0. The van der Waals surface area contributed by atoms with Crippen LogP contribution in [0.1, 0.15) is 40.3 Å². The predicted octanol–water partition coefficient (Wildman–Crippen LogP) is 5.65. The number of azide groups is 2. The van der Waals surface area contributed by atoms with E-state index in [0.717, 1.165) is 0 Å². The Morgan fingerprint density at radius 2 is 1.57 bits per heavy atom. The lowest BCUT2D eigenvalue weighted by molar-refractivity contribution is -0.146. The number of hydrogen-bond acceptors (Lipinski definition) is 7. The Morgan fingerprint density at radius 1 is 0.950 bits per heavy atom. The van der Waals surface area contributed by atoms with Gasteiger partial charge in [-0.2, -0.15) is 0 Å². The molecule has 0 spiro atoms. The second-order valence-electron chi connectivity index (χ2n) is 9.02. The summed E-state index contributed by atoms with van der Waals surface area (Å²) in [6.07, 6.45) is -0.610. The number of aliphatic hydroxyl groups excluding tert-OH is 1. The van der Waals surface area contributed by atoms with Gasteiger partial charge in [0, 0.05) is 34.8 Å². The first-order valence-electron chi connectivity index (χ1n) is 12.5. The molecule has 0 radical (unpaired) electrons. The fourth-order valence-electron chi connectivity index (χ4n) is 4.57. The minimum atomic E-state index is -1.79. The first kappa shape index (κ1) is 28.0. The van der Waals surface area contributed by atoms with Crippen molar-refractivity contribution in [2.75, 3.05) is 13.2 Å². The van der Waals surface area contributed by atoms with Crippen molar-refractivity contribution < 1.29 is 24.5 Å². The quantitative estimate of drug-likeness (QED) is 0.122. The van der Waals surface area contributed by atoms with Crippen LogP contribution in [0, 0.1) is 0 Å². The molecule has 12 heteroatoms. The van der Waals surface area contributed by atoms with Gasteiger partial charge in [-0.25, -0.2) is 9.79 Å². The van der Waals surface area contributed by atoms with E-state index in [1.807, 2.05) is 0 Å². The topological polar surface area (TPSA) is 186 Å². The van der Waals surface area contributed by atoms with Gasteiger partial charge in [0.1, 0.15) is 5.75 Å². The summed E-state index contributed by atoms with van der Waals surface area (Å²) in [5, 5.41) is 27.0. The highest BCUT2D eigenvalue weighted by Crippen LogP contribution is 2.44. The zero-order chi connectivity index (χ0) is 28.4. The number of carboxylic acids is 1. The molecule has 1 aliphatic rings.